The Bertz CT molecular complexity index is 836. The number of hydrogen-bond donors (Lipinski definition) is 2. The van der Waals surface area contributed by atoms with Crippen molar-refractivity contribution in [2.75, 3.05) is 39.5 Å². The summed E-state index contributed by atoms with van der Waals surface area (Å²) in [6.07, 6.45) is 5.11. The van der Waals surface area contributed by atoms with Gasteiger partial charge in [0.2, 0.25) is 5.91 Å². The summed E-state index contributed by atoms with van der Waals surface area (Å²) in [4.78, 5) is 68.7. The normalized spacial score (nSPS) is 11.6. The lowest BCUT2D eigenvalue weighted by Crippen LogP contribution is -2.36. The summed E-state index contributed by atoms with van der Waals surface area (Å²) in [7, 11) is 0. The zero-order valence-corrected chi connectivity index (χ0v) is 22.8. The highest BCUT2D eigenvalue weighted by Gasteiger charge is 2.22. The SMILES string of the molecule is C=CC(=O)OCC(=O)CC(=O)NCC(C)(C)CC(C)CCNCCCCC(=O)COC(=O)COC(=O)C=C. The highest BCUT2D eigenvalue weighted by Crippen LogP contribution is 2.26. The van der Waals surface area contributed by atoms with E-state index >= 15 is 0 Å². The molecule has 0 aliphatic heterocycles. The molecule has 0 aromatic heterocycles. The highest BCUT2D eigenvalue weighted by atomic mass is 16.6. The van der Waals surface area contributed by atoms with E-state index in [4.69, 9.17) is 4.74 Å². The van der Waals surface area contributed by atoms with Gasteiger partial charge in [0.05, 0.1) is 6.42 Å². The Balaban J connectivity index is 3.90. The van der Waals surface area contributed by atoms with Gasteiger partial charge in [0.15, 0.2) is 24.8 Å². The van der Waals surface area contributed by atoms with Crippen molar-refractivity contribution in [1.29, 1.82) is 0 Å². The van der Waals surface area contributed by atoms with Crippen molar-refractivity contribution in [3.8, 4) is 0 Å². The molecule has 0 rings (SSSR count). The minimum absolute atomic E-state index is 0.162. The van der Waals surface area contributed by atoms with E-state index in [0.29, 0.717) is 25.3 Å². The van der Waals surface area contributed by atoms with Crippen LogP contribution in [0.2, 0.25) is 0 Å². The average molecular weight is 539 g/mol. The van der Waals surface area contributed by atoms with E-state index in [1.807, 2.05) is 13.8 Å². The molecule has 0 aromatic rings. The maximum absolute atomic E-state index is 12.0. The Labute approximate surface area is 224 Å². The molecule has 0 heterocycles. The summed E-state index contributed by atoms with van der Waals surface area (Å²) in [6, 6.07) is 0. The molecule has 1 unspecified atom stereocenters. The lowest BCUT2D eigenvalue weighted by Gasteiger charge is -2.28. The molecule has 0 spiro atoms. The van der Waals surface area contributed by atoms with Crippen molar-refractivity contribution in [3.63, 3.8) is 0 Å². The van der Waals surface area contributed by atoms with E-state index in [1.54, 1.807) is 0 Å². The van der Waals surface area contributed by atoms with Crippen LogP contribution in [0.5, 0.6) is 0 Å². The molecule has 0 aromatic carbocycles. The molecular formula is C27H42N2O9. The van der Waals surface area contributed by atoms with Crippen LogP contribution in [0, 0.1) is 11.3 Å². The summed E-state index contributed by atoms with van der Waals surface area (Å²) < 4.78 is 13.9. The topological polar surface area (TPSA) is 154 Å². The van der Waals surface area contributed by atoms with Crippen molar-refractivity contribution >= 4 is 35.4 Å². The number of rotatable bonds is 22. The van der Waals surface area contributed by atoms with Crippen molar-refractivity contribution in [3.05, 3.63) is 25.3 Å². The first kappa shape index (κ1) is 34.7. The molecule has 0 aliphatic rings. The van der Waals surface area contributed by atoms with Gasteiger partial charge in [-0.3, -0.25) is 14.4 Å². The third kappa shape index (κ3) is 19.8. The minimum atomic E-state index is -0.784. The van der Waals surface area contributed by atoms with Gasteiger partial charge in [-0.2, -0.15) is 0 Å². The predicted molar refractivity (Wildman–Crippen MR) is 140 cm³/mol. The summed E-state index contributed by atoms with van der Waals surface area (Å²) in [5.41, 5.74) is -0.162. The van der Waals surface area contributed by atoms with Crippen LogP contribution in [0.3, 0.4) is 0 Å². The largest absolute Gasteiger partial charge is 0.455 e. The van der Waals surface area contributed by atoms with Crippen LogP contribution in [0.15, 0.2) is 25.3 Å². The summed E-state index contributed by atoms with van der Waals surface area (Å²) in [5.74, 6) is -2.91. The first-order chi connectivity index (χ1) is 17.9. The van der Waals surface area contributed by atoms with E-state index in [2.05, 4.69) is 40.2 Å². The van der Waals surface area contributed by atoms with Crippen molar-refractivity contribution < 1.29 is 43.0 Å². The van der Waals surface area contributed by atoms with Crippen LogP contribution in [-0.2, 0) is 43.0 Å². The molecule has 11 heteroatoms. The third-order valence-corrected chi connectivity index (χ3v) is 5.33. The van der Waals surface area contributed by atoms with Crippen molar-refractivity contribution in [2.45, 2.75) is 59.3 Å². The van der Waals surface area contributed by atoms with Crippen LogP contribution in [-0.4, -0.2) is 74.8 Å². The predicted octanol–water partition coefficient (Wildman–Crippen LogP) is 1.83. The average Bonchev–Trinajstić information content (AvgIpc) is 2.86. The standard InChI is InChI=1S/C27H42N2O9/c1-6-24(33)36-17-22(31)14-23(32)29-19-27(4,5)15-20(3)11-13-28-12-9-8-10-21(30)16-37-26(35)18-38-25(34)7-2/h6-7,20,28H,1-2,8-19H2,3-5H3,(H,29,32). The van der Waals surface area contributed by atoms with Crippen LogP contribution in [0.1, 0.15) is 59.3 Å². The van der Waals surface area contributed by atoms with E-state index < -0.39 is 42.8 Å². The zero-order chi connectivity index (χ0) is 29.0. The Kier molecular flexibility index (Phi) is 18.0. The second kappa shape index (κ2) is 19.7. The molecule has 0 fully saturated rings. The smallest absolute Gasteiger partial charge is 0.344 e. The fourth-order valence-corrected chi connectivity index (χ4v) is 3.47. The molecule has 0 bridgehead atoms. The van der Waals surface area contributed by atoms with E-state index in [0.717, 1.165) is 44.5 Å². The van der Waals surface area contributed by atoms with Gasteiger partial charge in [0.1, 0.15) is 6.61 Å². The molecule has 11 nitrogen and oxygen atoms in total. The third-order valence-electron chi connectivity index (χ3n) is 5.33. The molecule has 0 radical (unpaired) electrons. The highest BCUT2D eigenvalue weighted by molar-refractivity contribution is 5.99. The Morgan fingerprint density at radius 2 is 1.45 bits per heavy atom. The fraction of sp³-hybridized carbons (Fsp3) is 0.630. The van der Waals surface area contributed by atoms with E-state index in [-0.39, 0.29) is 24.2 Å². The van der Waals surface area contributed by atoms with E-state index in [1.165, 1.54) is 0 Å². The lowest BCUT2D eigenvalue weighted by molar-refractivity contribution is -0.157. The minimum Gasteiger partial charge on any atom is -0.455 e. The molecule has 1 atom stereocenters. The van der Waals surface area contributed by atoms with Gasteiger partial charge in [-0.25, -0.2) is 14.4 Å². The van der Waals surface area contributed by atoms with Gasteiger partial charge in [-0.15, -0.1) is 0 Å². The monoisotopic (exact) mass is 538 g/mol. The van der Waals surface area contributed by atoms with Crippen molar-refractivity contribution in [1.82, 2.24) is 10.6 Å². The molecule has 1 amide bonds. The molecule has 214 valence electrons. The number of carbonyl (C=O) groups is 6. The Morgan fingerprint density at radius 3 is 2.08 bits per heavy atom. The molecule has 38 heavy (non-hydrogen) atoms. The first-order valence-electron chi connectivity index (χ1n) is 12.6. The molecule has 0 saturated heterocycles. The number of ketones is 2. The molecular weight excluding hydrogens is 496 g/mol. The van der Waals surface area contributed by atoms with Gasteiger partial charge in [0, 0.05) is 25.1 Å². The van der Waals surface area contributed by atoms with Crippen LogP contribution >= 0.6 is 0 Å². The van der Waals surface area contributed by atoms with Crippen LogP contribution in [0.25, 0.3) is 0 Å². The lowest BCUT2D eigenvalue weighted by atomic mass is 9.82. The van der Waals surface area contributed by atoms with Gasteiger partial charge in [-0.1, -0.05) is 33.9 Å². The summed E-state index contributed by atoms with van der Waals surface area (Å²) in [5, 5.41) is 6.13. The number of nitrogens with one attached hydrogen (secondary N) is 2. The molecule has 0 aliphatic carbocycles. The number of unbranched alkanes of at least 4 members (excludes halogenated alkanes) is 1. The molecule has 2 N–H and O–H groups in total. The Hall–Kier alpha value is -3.34. The quantitative estimate of drug-likeness (QED) is 0.0686. The fourth-order valence-electron chi connectivity index (χ4n) is 3.47. The van der Waals surface area contributed by atoms with Gasteiger partial charge in [-0.05, 0) is 50.1 Å². The number of ether oxygens (including phenoxy) is 3. The van der Waals surface area contributed by atoms with Gasteiger partial charge >= 0.3 is 17.9 Å². The zero-order valence-electron chi connectivity index (χ0n) is 22.8. The summed E-state index contributed by atoms with van der Waals surface area (Å²) >= 11 is 0. The van der Waals surface area contributed by atoms with Crippen LogP contribution < -0.4 is 10.6 Å². The second-order valence-corrected chi connectivity index (χ2v) is 9.78. The second-order valence-electron chi connectivity index (χ2n) is 9.78. The maximum atomic E-state index is 12.0. The van der Waals surface area contributed by atoms with E-state index in [9.17, 15) is 28.8 Å². The summed E-state index contributed by atoms with van der Waals surface area (Å²) in [6.45, 7) is 13.3. The van der Waals surface area contributed by atoms with Gasteiger partial charge in [0.25, 0.3) is 0 Å². The first-order valence-corrected chi connectivity index (χ1v) is 12.6. The van der Waals surface area contributed by atoms with Gasteiger partial charge < -0.3 is 24.8 Å². The number of hydrogen-bond acceptors (Lipinski definition) is 10. The number of amides is 1. The maximum Gasteiger partial charge on any atom is 0.344 e. The number of carbonyl (C=O) groups excluding carboxylic acids is 6. The number of esters is 3. The molecule has 0 saturated carbocycles. The van der Waals surface area contributed by atoms with Crippen molar-refractivity contribution in [2.24, 2.45) is 11.3 Å². The van der Waals surface area contributed by atoms with Crippen LogP contribution in [0.4, 0.5) is 0 Å². The Morgan fingerprint density at radius 1 is 0.842 bits per heavy atom. The number of Topliss-reactive ketones (excluding diaryl/α,β-unsaturated/α-hetero) is 2.